The summed E-state index contributed by atoms with van der Waals surface area (Å²) in [7, 11) is 1.76. The van der Waals surface area contributed by atoms with E-state index in [0.717, 1.165) is 11.2 Å². The molecule has 3 aromatic rings. The third kappa shape index (κ3) is 3.96. The molecule has 3 rings (SSSR count). The van der Waals surface area contributed by atoms with E-state index in [1.165, 1.54) is 23.5 Å². The number of rotatable bonds is 6. The van der Waals surface area contributed by atoms with Crippen LogP contribution in [-0.4, -0.2) is 38.4 Å². The number of nitro groups is 1. The van der Waals surface area contributed by atoms with Gasteiger partial charge in [0.25, 0.3) is 11.6 Å². The Kier molecular flexibility index (Phi) is 5.47. The Morgan fingerprint density at radius 3 is 2.81 bits per heavy atom. The third-order valence-corrected chi connectivity index (χ3v) is 5.11. The van der Waals surface area contributed by atoms with Gasteiger partial charge in [-0.05, 0) is 26.0 Å². The molecule has 27 heavy (non-hydrogen) atoms. The summed E-state index contributed by atoms with van der Waals surface area (Å²) in [5.74, 6) is -0.454. The summed E-state index contributed by atoms with van der Waals surface area (Å²) in [5.41, 5.74) is 1.88. The van der Waals surface area contributed by atoms with Crippen LogP contribution in [0.5, 0.6) is 0 Å². The number of carbonyl (C=O) groups is 1. The molecule has 2 aromatic heterocycles. The number of benzene rings is 1. The van der Waals surface area contributed by atoms with E-state index in [9.17, 15) is 14.9 Å². The number of fused-ring (bicyclic) bond motifs is 1. The first-order valence-corrected chi connectivity index (χ1v) is 9.17. The van der Waals surface area contributed by atoms with E-state index < -0.39 is 10.8 Å². The van der Waals surface area contributed by atoms with Gasteiger partial charge in [-0.1, -0.05) is 11.3 Å². The largest absolute Gasteiger partial charge is 0.380 e. The van der Waals surface area contributed by atoms with E-state index in [1.54, 1.807) is 23.9 Å². The number of non-ortho nitro benzene ring substituents is 1. The van der Waals surface area contributed by atoms with Gasteiger partial charge in [0.1, 0.15) is 0 Å². The summed E-state index contributed by atoms with van der Waals surface area (Å²) in [5, 5.41) is 15.2. The zero-order chi connectivity index (χ0) is 19.6. The fourth-order valence-electron chi connectivity index (χ4n) is 2.59. The van der Waals surface area contributed by atoms with Crippen LogP contribution in [0.15, 0.2) is 29.3 Å². The Bertz CT molecular complexity index is 1060. The minimum absolute atomic E-state index is 0.000986. The van der Waals surface area contributed by atoms with Crippen LogP contribution < -0.4 is 4.80 Å². The van der Waals surface area contributed by atoms with Gasteiger partial charge in [0, 0.05) is 38.0 Å². The van der Waals surface area contributed by atoms with Crippen LogP contribution in [0.25, 0.3) is 10.2 Å². The van der Waals surface area contributed by atoms with Crippen LogP contribution in [0.1, 0.15) is 23.1 Å². The molecular weight excluding hydrogens is 370 g/mol. The topological polar surface area (TPSA) is 105 Å². The van der Waals surface area contributed by atoms with Crippen molar-refractivity contribution < 1.29 is 14.5 Å². The molecule has 0 saturated carbocycles. The van der Waals surface area contributed by atoms with Crippen molar-refractivity contribution in [1.82, 2.24) is 14.3 Å². The van der Waals surface area contributed by atoms with Crippen molar-refractivity contribution in [3.63, 3.8) is 0 Å². The second-order valence-electron chi connectivity index (χ2n) is 5.85. The molecule has 142 valence electrons. The number of hydrogen-bond donors (Lipinski definition) is 0. The first kappa shape index (κ1) is 18.9. The SMILES string of the molecule is CCOCCn1c(=NC(=O)c2cc(C)n(C)n2)sc2cc([N+](=O)[O-])ccc21. The number of aryl methyl sites for hydroxylation is 2. The lowest BCUT2D eigenvalue weighted by Gasteiger charge is -2.05. The van der Waals surface area contributed by atoms with Crippen LogP contribution >= 0.6 is 11.3 Å². The fraction of sp³-hybridized carbons (Fsp3) is 0.353. The lowest BCUT2D eigenvalue weighted by molar-refractivity contribution is -0.384. The maximum atomic E-state index is 12.5. The number of nitro benzene ring substituents is 1. The predicted molar refractivity (Wildman–Crippen MR) is 101 cm³/mol. The normalized spacial score (nSPS) is 12.0. The number of hydrogen-bond acceptors (Lipinski definition) is 6. The molecule has 0 fully saturated rings. The van der Waals surface area contributed by atoms with Gasteiger partial charge in [0.2, 0.25) is 0 Å². The molecule has 1 aromatic carbocycles. The summed E-state index contributed by atoms with van der Waals surface area (Å²) in [6.07, 6.45) is 0. The number of nitrogens with zero attached hydrogens (tertiary/aromatic N) is 5. The summed E-state index contributed by atoms with van der Waals surface area (Å²) in [6, 6.07) is 6.28. The van der Waals surface area contributed by atoms with E-state index >= 15 is 0 Å². The lowest BCUT2D eigenvalue weighted by Crippen LogP contribution is -2.20. The minimum atomic E-state index is -0.454. The smallest absolute Gasteiger partial charge is 0.300 e. The molecule has 0 aliphatic rings. The average Bonchev–Trinajstić information content (AvgIpc) is 3.14. The first-order valence-electron chi connectivity index (χ1n) is 8.36. The maximum Gasteiger partial charge on any atom is 0.300 e. The number of aromatic nitrogens is 3. The van der Waals surface area contributed by atoms with Crippen LogP contribution in [0, 0.1) is 17.0 Å². The molecule has 0 atom stereocenters. The van der Waals surface area contributed by atoms with Gasteiger partial charge in [-0.15, -0.1) is 0 Å². The zero-order valence-corrected chi connectivity index (χ0v) is 16.0. The summed E-state index contributed by atoms with van der Waals surface area (Å²) in [6.45, 7) is 5.26. The van der Waals surface area contributed by atoms with Gasteiger partial charge in [-0.2, -0.15) is 10.1 Å². The molecule has 0 spiro atoms. The highest BCUT2D eigenvalue weighted by Crippen LogP contribution is 2.23. The molecule has 9 nitrogen and oxygen atoms in total. The van der Waals surface area contributed by atoms with E-state index in [-0.39, 0.29) is 11.4 Å². The van der Waals surface area contributed by atoms with Crippen molar-refractivity contribution >= 4 is 33.1 Å². The highest BCUT2D eigenvalue weighted by Gasteiger charge is 2.14. The van der Waals surface area contributed by atoms with Gasteiger partial charge >= 0.3 is 0 Å². The molecule has 0 N–H and O–H groups in total. The van der Waals surface area contributed by atoms with Crippen molar-refractivity contribution in [2.45, 2.75) is 20.4 Å². The van der Waals surface area contributed by atoms with Crippen molar-refractivity contribution in [2.24, 2.45) is 12.0 Å². The molecule has 0 radical (unpaired) electrons. The van der Waals surface area contributed by atoms with Gasteiger partial charge < -0.3 is 9.30 Å². The lowest BCUT2D eigenvalue weighted by atomic mass is 10.3. The second kappa shape index (κ2) is 7.80. The molecule has 0 aliphatic heterocycles. The molecule has 1 amide bonds. The molecular formula is C17H19N5O4S. The van der Waals surface area contributed by atoms with Crippen molar-refractivity contribution in [3.05, 3.63) is 50.6 Å². The molecule has 0 unspecified atom stereocenters. The Morgan fingerprint density at radius 1 is 1.41 bits per heavy atom. The minimum Gasteiger partial charge on any atom is -0.380 e. The standard InChI is InChI=1S/C17H19N5O4S/c1-4-26-8-7-21-14-6-5-12(22(24)25)10-15(14)27-17(21)18-16(23)13-9-11(2)20(3)19-13/h5-6,9-10H,4,7-8H2,1-3H3. The van der Waals surface area contributed by atoms with E-state index in [2.05, 4.69) is 10.1 Å². The first-order chi connectivity index (χ1) is 12.9. The van der Waals surface area contributed by atoms with Crippen LogP contribution in [0.2, 0.25) is 0 Å². The highest BCUT2D eigenvalue weighted by atomic mass is 32.1. The molecule has 0 saturated heterocycles. The zero-order valence-electron chi connectivity index (χ0n) is 15.2. The predicted octanol–water partition coefficient (Wildman–Crippen LogP) is 2.43. The number of amides is 1. The Balaban J connectivity index is 2.09. The maximum absolute atomic E-state index is 12.5. The Hall–Kier alpha value is -2.85. The van der Waals surface area contributed by atoms with E-state index in [0.29, 0.717) is 29.3 Å². The Morgan fingerprint density at radius 2 is 2.19 bits per heavy atom. The Labute approximate surface area is 158 Å². The van der Waals surface area contributed by atoms with Crippen molar-refractivity contribution in [1.29, 1.82) is 0 Å². The third-order valence-electron chi connectivity index (χ3n) is 4.07. The van der Waals surface area contributed by atoms with Crippen LogP contribution in [0.4, 0.5) is 5.69 Å². The van der Waals surface area contributed by atoms with Crippen molar-refractivity contribution in [2.75, 3.05) is 13.2 Å². The summed E-state index contributed by atoms with van der Waals surface area (Å²) < 4.78 is 9.55. The molecule has 0 bridgehead atoms. The summed E-state index contributed by atoms with van der Waals surface area (Å²) in [4.78, 5) is 27.8. The number of thiazole rings is 1. The fourth-order valence-corrected chi connectivity index (χ4v) is 3.67. The quantitative estimate of drug-likeness (QED) is 0.366. The van der Waals surface area contributed by atoms with Gasteiger partial charge in [-0.25, -0.2) is 0 Å². The summed E-state index contributed by atoms with van der Waals surface area (Å²) >= 11 is 1.23. The van der Waals surface area contributed by atoms with E-state index in [1.807, 2.05) is 18.4 Å². The number of ether oxygens (including phenoxy) is 1. The van der Waals surface area contributed by atoms with Crippen LogP contribution in [0.3, 0.4) is 0 Å². The molecule has 2 heterocycles. The van der Waals surface area contributed by atoms with Gasteiger partial charge in [0.05, 0.1) is 21.7 Å². The monoisotopic (exact) mass is 389 g/mol. The van der Waals surface area contributed by atoms with Gasteiger partial charge in [0.15, 0.2) is 10.5 Å². The second-order valence-corrected chi connectivity index (χ2v) is 6.86. The average molecular weight is 389 g/mol. The molecule has 10 heteroatoms. The van der Waals surface area contributed by atoms with E-state index in [4.69, 9.17) is 4.74 Å². The van der Waals surface area contributed by atoms with Crippen LogP contribution in [-0.2, 0) is 18.3 Å². The number of carbonyl (C=O) groups excluding carboxylic acids is 1. The van der Waals surface area contributed by atoms with Crippen molar-refractivity contribution in [3.8, 4) is 0 Å². The molecule has 0 aliphatic carbocycles. The highest BCUT2D eigenvalue weighted by molar-refractivity contribution is 7.16. The van der Waals surface area contributed by atoms with Gasteiger partial charge in [-0.3, -0.25) is 19.6 Å².